The van der Waals surface area contributed by atoms with Gasteiger partial charge in [-0.1, -0.05) is 0 Å². The second-order valence-electron chi connectivity index (χ2n) is 1.98. The number of carbonyl (C=O) groups excluding carboxylic acids is 1. The van der Waals surface area contributed by atoms with Gasteiger partial charge in [0.25, 0.3) is 5.96 Å². The highest BCUT2D eigenvalue weighted by Crippen LogP contribution is 1.83. The molecule has 0 amide bonds. The number of nitrogens with zero attached hydrogens (tertiary/aromatic N) is 3. The molecule has 1 aromatic rings. The van der Waals surface area contributed by atoms with Crippen molar-refractivity contribution in [3.8, 4) is 0 Å². The molecule has 0 aliphatic rings. The number of hydrogen-bond donors (Lipinski definition) is 1. The number of rotatable bonds is 1. The van der Waals surface area contributed by atoms with Crippen LogP contribution < -0.4 is 5.73 Å². The first-order chi connectivity index (χ1) is 5.70. The van der Waals surface area contributed by atoms with E-state index in [4.69, 9.17) is 5.73 Å². The Bertz CT molecular complexity index is 291. The largest absolute Gasteiger partial charge is 0.365 e. The highest BCUT2D eigenvalue weighted by atomic mass is 16.7. The normalized spacial score (nSPS) is 11.2. The molecule has 0 atom stereocenters. The molecule has 2 N–H and O–H groups in total. The number of oxime groups is 1. The van der Waals surface area contributed by atoms with Crippen LogP contribution in [0.25, 0.3) is 0 Å². The molecular formula is C6H8N4O2. The third-order valence-corrected chi connectivity index (χ3v) is 1.01. The molecule has 12 heavy (non-hydrogen) atoms. The van der Waals surface area contributed by atoms with Gasteiger partial charge < -0.3 is 10.6 Å². The van der Waals surface area contributed by atoms with Crippen molar-refractivity contribution in [2.45, 2.75) is 6.92 Å². The maximum Gasteiger partial charge on any atom is 0.332 e. The molecule has 0 saturated carbocycles. The molecule has 0 aliphatic carbocycles. The van der Waals surface area contributed by atoms with E-state index in [2.05, 4.69) is 15.1 Å². The van der Waals surface area contributed by atoms with Crippen LogP contribution in [0.3, 0.4) is 0 Å². The van der Waals surface area contributed by atoms with Crippen molar-refractivity contribution < 1.29 is 9.63 Å². The predicted octanol–water partition coefficient (Wildman–Crippen LogP) is -0.476. The van der Waals surface area contributed by atoms with Crippen LogP contribution in [0.15, 0.2) is 23.6 Å². The Morgan fingerprint density at radius 2 is 2.50 bits per heavy atom. The molecule has 0 unspecified atom stereocenters. The Hall–Kier alpha value is -1.85. The first-order valence-electron chi connectivity index (χ1n) is 3.21. The Balaban J connectivity index is 2.65. The molecule has 6 heteroatoms. The van der Waals surface area contributed by atoms with Crippen molar-refractivity contribution in [1.82, 2.24) is 9.78 Å². The zero-order valence-electron chi connectivity index (χ0n) is 6.47. The van der Waals surface area contributed by atoms with Gasteiger partial charge in [-0.2, -0.15) is 5.10 Å². The number of nitrogens with two attached hydrogens (primary N) is 1. The summed E-state index contributed by atoms with van der Waals surface area (Å²) in [7, 11) is 0. The highest BCUT2D eigenvalue weighted by molar-refractivity contribution is 5.79. The Morgan fingerprint density at radius 1 is 1.75 bits per heavy atom. The average molecular weight is 168 g/mol. The number of carbonyl (C=O) groups is 1. The van der Waals surface area contributed by atoms with E-state index in [1.165, 1.54) is 17.8 Å². The Labute approximate surface area is 68.6 Å². The smallest absolute Gasteiger partial charge is 0.332 e. The molecule has 1 aromatic heterocycles. The highest BCUT2D eigenvalue weighted by Gasteiger charge is 1.96. The van der Waals surface area contributed by atoms with E-state index in [0.717, 1.165) is 0 Å². The Kier molecular flexibility index (Phi) is 2.42. The minimum Gasteiger partial charge on any atom is -0.365 e. The molecule has 64 valence electrons. The summed E-state index contributed by atoms with van der Waals surface area (Å²) in [5, 5.41) is 7.08. The first kappa shape index (κ1) is 8.25. The van der Waals surface area contributed by atoms with Gasteiger partial charge >= 0.3 is 5.97 Å². The van der Waals surface area contributed by atoms with Gasteiger partial charge in [0.15, 0.2) is 0 Å². The van der Waals surface area contributed by atoms with E-state index in [0.29, 0.717) is 0 Å². The van der Waals surface area contributed by atoms with E-state index in [1.54, 1.807) is 12.3 Å². The fourth-order valence-corrected chi connectivity index (χ4v) is 0.557. The third-order valence-electron chi connectivity index (χ3n) is 1.01. The van der Waals surface area contributed by atoms with Gasteiger partial charge in [-0.05, 0) is 11.2 Å². The van der Waals surface area contributed by atoms with Crippen LogP contribution in [0, 0.1) is 0 Å². The summed E-state index contributed by atoms with van der Waals surface area (Å²) in [5.41, 5.74) is 5.36. The molecule has 0 radical (unpaired) electrons. The minimum atomic E-state index is -0.523. The maximum absolute atomic E-state index is 10.3. The zero-order valence-corrected chi connectivity index (χ0v) is 6.47. The SMILES string of the molecule is CC(=O)ON=C(N)n1cccn1. The summed E-state index contributed by atoms with van der Waals surface area (Å²) in [6, 6.07) is 1.68. The quantitative estimate of drug-likeness (QED) is 0.266. The van der Waals surface area contributed by atoms with E-state index in [1.807, 2.05) is 0 Å². The molecule has 0 spiro atoms. The van der Waals surface area contributed by atoms with E-state index in [9.17, 15) is 4.79 Å². The summed E-state index contributed by atoms with van der Waals surface area (Å²) in [5.74, 6) is -0.514. The molecule has 0 aliphatic heterocycles. The predicted molar refractivity (Wildman–Crippen MR) is 41.0 cm³/mol. The molecule has 0 saturated heterocycles. The summed E-state index contributed by atoms with van der Waals surface area (Å²) >= 11 is 0. The lowest BCUT2D eigenvalue weighted by Crippen LogP contribution is -2.23. The molecule has 0 bridgehead atoms. The average Bonchev–Trinajstić information content (AvgIpc) is 2.51. The summed E-state index contributed by atoms with van der Waals surface area (Å²) < 4.78 is 1.28. The lowest BCUT2D eigenvalue weighted by Gasteiger charge is -1.96. The van der Waals surface area contributed by atoms with E-state index in [-0.39, 0.29) is 5.96 Å². The first-order valence-corrected chi connectivity index (χ1v) is 3.21. The van der Waals surface area contributed by atoms with Gasteiger partial charge in [0.1, 0.15) is 0 Å². The van der Waals surface area contributed by atoms with Gasteiger partial charge in [0.05, 0.1) is 0 Å². The second-order valence-corrected chi connectivity index (χ2v) is 1.98. The number of hydrogen-bond acceptors (Lipinski definition) is 4. The van der Waals surface area contributed by atoms with Crippen molar-refractivity contribution in [1.29, 1.82) is 0 Å². The van der Waals surface area contributed by atoms with Gasteiger partial charge in [0.2, 0.25) is 0 Å². The molecule has 1 rings (SSSR count). The van der Waals surface area contributed by atoms with Gasteiger partial charge in [-0.3, -0.25) is 0 Å². The standard InChI is InChI=1S/C6H8N4O2/c1-5(11)12-9-6(7)10-4-2-3-8-10/h2-4H,1H3,(H2,7,9). The topological polar surface area (TPSA) is 82.5 Å². The molecule has 1 heterocycles. The van der Waals surface area contributed by atoms with Gasteiger partial charge in [0, 0.05) is 19.3 Å². The van der Waals surface area contributed by atoms with E-state index >= 15 is 0 Å². The van der Waals surface area contributed by atoms with Crippen LogP contribution in [0.5, 0.6) is 0 Å². The van der Waals surface area contributed by atoms with Crippen LogP contribution in [0.2, 0.25) is 0 Å². The fraction of sp³-hybridized carbons (Fsp3) is 0.167. The second kappa shape index (κ2) is 3.51. The van der Waals surface area contributed by atoms with E-state index < -0.39 is 5.97 Å². The summed E-state index contributed by atoms with van der Waals surface area (Å²) in [4.78, 5) is 14.6. The molecule has 0 aromatic carbocycles. The van der Waals surface area contributed by atoms with Crippen LogP contribution in [-0.2, 0) is 9.63 Å². The van der Waals surface area contributed by atoms with Gasteiger partial charge in [-0.15, -0.1) is 0 Å². The molecule has 6 nitrogen and oxygen atoms in total. The number of aromatic nitrogens is 2. The molecular weight excluding hydrogens is 160 g/mol. The van der Waals surface area contributed by atoms with Crippen LogP contribution in [0.4, 0.5) is 0 Å². The van der Waals surface area contributed by atoms with Crippen LogP contribution in [-0.4, -0.2) is 21.7 Å². The van der Waals surface area contributed by atoms with Crippen molar-refractivity contribution >= 4 is 11.9 Å². The monoisotopic (exact) mass is 168 g/mol. The van der Waals surface area contributed by atoms with Crippen LogP contribution in [0.1, 0.15) is 6.92 Å². The zero-order chi connectivity index (χ0) is 8.97. The lowest BCUT2D eigenvalue weighted by atomic mass is 10.7. The Morgan fingerprint density at radius 3 is 3.00 bits per heavy atom. The van der Waals surface area contributed by atoms with Crippen molar-refractivity contribution in [2.75, 3.05) is 0 Å². The van der Waals surface area contributed by atoms with Crippen molar-refractivity contribution in [3.05, 3.63) is 18.5 Å². The fourth-order valence-electron chi connectivity index (χ4n) is 0.557. The van der Waals surface area contributed by atoms with Crippen LogP contribution >= 0.6 is 0 Å². The maximum atomic E-state index is 10.3. The minimum absolute atomic E-state index is 0.00944. The lowest BCUT2D eigenvalue weighted by molar-refractivity contribution is -0.141. The van der Waals surface area contributed by atoms with Crippen molar-refractivity contribution in [3.63, 3.8) is 0 Å². The summed E-state index contributed by atoms with van der Waals surface area (Å²) in [6.45, 7) is 1.24. The van der Waals surface area contributed by atoms with Gasteiger partial charge in [-0.25, -0.2) is 9.48 Å². The van der Waals surface area contributed by atoms with Crippen molar-refractivity contribution in [2.24, 2.45) is 10.9 Å². The molecule has 0 fully saturated rings. The third kappa shape index (κ3) is 2.08. The summed E-state index contributed by atoms with van der Waals surface area (Å²) in [6.07, 6.45) is 3.12.